The second-order valence-electron chi connectivity index (χ2n) is 3.92. The molecule has 2 atom stereocenters. The molecule has 0 saturated heterocycles. The van der Waals surface area contributed by atoms with Gasteiger partial charge in [-0.05, 0) is 17.0 Å². The Morgan fingerprint density at radius 3 is 2.47 bits per heavy atom. The number of hydrogen-bond donors (Lipinski definition) is 1. The zero-order chi connectivity index (χ0) is 12.3. The van der Waals surface area contributed by atoms with E-state index in [2.05, 4.69) is 0 Å². The third kappa shape index (κ3) is 2.65. The summed E-state index contributed by atoms with van der Waals surface area (Å²) in [6, 6.07) is 13.2. The van der Waals surface area contributed by atoms with Crippen LogP contribution in [0.1, 0.15) is 10.4 Å². The maximum absolute atomic E-state index is 11.5. The van der Waals surface area contributed by atoms with E-state index in [0.717, 1.165) is 10.4 Å². The van der Waals surface area contributed by atoms with Gasteiger partial charge in [0, 0.05) is 21.9 Å². The molecule has 1 N–H and O–H groups in total. The average Bonchev–Trinajstić information content (AvgIpc) is 2.83. The Kier molecular flexibility index (Phi) is 3.76. The summed E-state index contributed by atoms with van der Waals surface area (Å²) in [7, 11) is -1.06. The fraction of sp³-hybridized carbons (Fsp3) is 0.231. The van der Waals surface area contributed by atoms with Crippen LogP contribution in [-0.4, -0.2) is 21.3 Å². The topological polar surface area (TPSA) is 37.3 Å². The molecule has 0 aliphatic rings. The SMILES string of the molecule is C[S@](=O)C[C@@](O)(c1ccccc1)c1cccs1. The van der Waals surface area contributed by atoms with Crippen molar-refractivity contribution in [3.63, 3.8) is 0 Å². The van der Waals surface area contributed by atoms with Crippen molar-refractivity contribution in [2.24, 2.45) is 0 Å². The molecule has 0 aliphatic carbocycles. The summed E-state index contributed by atoms with van der Waals surface area (Å²) in [6.45, 7) is 0. The Hall–Kier alpha value is -0.970. The van der Waals surface area contributed by atoms with E-state index in [4.69, 9.17) is 0 Å². The molecule has 0 saturated carbocycles. The smallest absolute Gasteiger partial charge is 0.135 e. The van der Waals surface area contributed by atoms with Crippen molar-refractivity contribution in [3.05, 3.63) is 58.3 Å². The van der Waals surface area contributed by atoms with Crippen LogP contribution >= 0.6 is 11.3 Å². The minimum absolute atomic E-state index is 0.220. The van der Waals surface area contributed by atoms with Gasteiger partial charge in [0.1, 0.15) is 5.60 Å². The third-order valence-electron chi connectivity index (χ3n) is 2.59. The molecule has 17 heavy (non-hydrogen) atoms. The first-order chi connectivity index (χ1) is 8.13. The van der Waals surface area contributed by atoms with E-state index in [9.17, 15) is 9.32 Å². The number of hydrogen-bond acceptors (Lipinski definition) is 3. The van der Waals surface area contributed by atoms with E-state index in [1.54, 1.807) is 6.26 Å². The summed E-state index contributed by atoms with van der Waals surface area (Å²) >= 11 is 1.48. The lowest BCUT2D eigenvalue weighted by atomic mass is 9.94. The van der Waals surface area contributed by atoms with Gasteiger partial charge in [-0.15, -0.1) is 11.3 Å². The number of thiophene rings is 1. The highest BCUT2D eigenvalue weighted by atomic mass is 32.2. The van der Waals surface area contributed by atoms with Crippen LogP contribution in [0.2, 0.25) is 0 Å². The quantitative estimate of drug-likeness (QED) is 0.922. The van der Waals surface area contributed by atoms with Gasteiger partial charge in [0.2, 0.25) is 0 Å². The predicted molar refractivity (Wildman–Crippen MR) is 72.7 cm³/mol. The molecular formula is C13H14O2S2. The molecule has 1 aromatic carbocycles. The van der Waals surface area contributed by atoms with Crippen molar-refractivity contribution in [2.75, 3.05) is 12.0 Å². The Morgan fingerprint density at radius 1 is 1.24 bits per heavy atom. The predicted octanol–water partition coefficient (Wildman–Crippen LogP) is 2.36. The van der Waals surface area contributed by atoms with Crippen molar-refractivity contribution in [3.8, 4) is 0 Å². The van der Waals surface area contributed by atoms with Crippen molar-refractivity contribution >= 4 is 22.1 Å². The van der Waals surface area contributed by atoms with Gasteiger partial charge in [-0.2, -0.15) is 0 Å². The molecule has 4 heteroatoms. The lowest BCUT2D eigenvalue weighted by Gasteiger charge is -2.26. The molecule has 0 fully saturated rings. The molecule has 0 amide bonds. The van der Waals surface area contributed by atoms with Gasteiger partial charge in [-0.1, -0.05) is 36.4 Å². The monoisotopic (exact) mass is 266 g/mol. The van der Waals surface area contributed by atoms with Crippen LogP contribution in [0.15, 0.2) is 47.8 Å². The van der Waals surface area contributed by atoms with Crippen molar-refractivity contribution < 1.29 is 9.32 Å². The second-order valence-corrected chi connectivity index (χ2v) is 6.30. The normalized spacial score (nSPS) is 16.4. The molecule has 0 unspecified atom stereocenters. The van der Waals surface area contributed by atoms with Crippen LogP contribution < -0.4 is 0 Å². The highest BCUT2D eigenvalue weighted by Crippen LogP contribution is 2.33. The summed E-state index contributed by atoms with van der Waals surface area (Å²) < 4.78 is 11.5. The molecule has 0 bridgehead atoms. The first-order valence-corrected chi connectivity index (χ1v) is 7.85. The molecule has 2 rings (SSSR count). The third-order valence-corrected chi connectivity index (χ3v) is 4.44. The van der Waals surface area contributed by atoms with E-state index < -0.39 is 16.4 Å². The van der Waals surface area contributed by atoms with E-state index in [-0.39, 0.29) is 5.75 Å². The number of rotatable bonds is 4. The lowest BCUT2D eigenvalue weighted by Crippen LogP contribution is -2.32. The molecule has 1 heterocycles. The van der Waals surface area contributed by atoms with Gasteiger partial charge in [-0.25, -0.2) is 0 Å². The summed E-state index contributed by atoms with van der Waals surface area (Å²) in [6.07, 6.45) is 1.61. The zero-order valence-corrected chi connectivity index (χ0v) is 11.1. The largest absolute Gasteiger partial charge is 0.379 e. The van der Waals surface area contributed by atoms with Gasteiger partial charge in [0.05, 0.1) is 5.75 Å². The fourth-order valence-corrected chi connectivity index (χ4v) is 3.67. The van der Waals surface area contributed by atoms with E-state index in [1.165, 1.54) is 11.3 Å². The Morgan fingerprint density at radius 2 is 1.94 bits per heavy atom. The van der Waals surface area contributed by atoms with Crippen molar-refractivity contribution in [1.82, 2.24) is 0 Å². The van der Waals surface area contributed by atoms with Crippen LogP contribution in [0, 0.1) is 0 Å². The number of benzene rings is 1. The Labute approximate surface area is 107 Å². The summed E-state index contributed by atoms with van der Waals surface area (Å²) in [5.41, 5.74) is -0.354. The van der Waals surface area contributed by atoms with Crippen LogP contribution in [0.5, 0.6) is 0 Å². The van der Waals surface area contributed by atoms with Gasteiger partial charge in [-0.3, -0.25) is 4.21 Å². The second kappa shape index (κ2) is 5.12. The van der Waals surface area contributed by atoms with Crippen LogP contribution in [0.25, 0.3) is 0 Å². The molecule has 2 nitrogen and oxygen atoms in total. The van der Waals surface area contributed by atoms with Gasteiger partial charge < -0.3 is 5.11 Å². The van der Waals surface area contributed by atoms with Gasteiger partial charge in [0.15, 0.2) is 0 Å². The van der Waals surface area contributed by atoms with E-state index in [0.29, 0.717) is 0 Å². The zero-order valence-electron chi connectivity index (χ0n) is 9.50. The summed E-state index contributed by atoms with van der Waals surface area (Å²) in [5, 5.41) is 12.7. The average molecular weight is 266 g/mol. The molecule has 0 aliphatic heterocycles. The molecule has 0 radical (unpaired) electrons. The fourth-order valence-electron chi connectivity index (χ4n) is 1.82. The Balaban J connectivity index is 2.48. The minimum Gasteiger partial charge on any atom is -0.379 e. The highest BCUT2D eigenvalue weighted by molar-refractivity contribution is 7.84. The first-order valence-electron chi connectivity index (χ1n) is 5.25. The van der Waals surface area contributed by atoms with Crippen LogP contribution in [0.3, 0.4) is 0 Å². The molecule has 2 aromatic rings. The van der Waals surface area contributed by atoms with Crippen LogP contribution in [0.4, 0.5) is 0 Å². The standard InChI is InChI=1S/C13H14O2S2/c1-17(15)10-13(14,12-8-5-9-16-12)11-6-3-2-4-7-11/h2-9,14H,10H2,1H3/t13-,17+/m1/s1. The number of aliphatic hydroxyl groups is 1. The first kappa shape index (κ1) is 12.5. The van der Waals surface area contributed by atoms with Crippen LogP contribution in [-0.2, 0) is 16.4 Å². The molecule has 90 valence electrons. The van der Waals surface area contributed by atoms with E-state index >= 15 is 0 Å². The maximum Gasteiger partial charge on any atom is 0.135 e. The van der Waals surface area contributed by atoms with E-state index in [1.807, 2.05) is 47.8 Å². The van der Waals surface area contributed by atoms with Crippen molar-refractivity contribution in [2.45, 2.75) is 5.60 Å². The molecular weight excluding hydrogens is 252 g/mol. The highest BCUT2D eigenvalue weighted by Gasteiger charge is 2.33. The summed E-state index contributed by atoms with van der Waals surface area (Å²) in [5.74, 6) is 0.220. The minimum atomic E-state index is -1.14. The Bertz CT molecular complexity index is 493. The molecule has 0 spiro atoms. The summed E-state index contributed by atoms with van der Waals surface area (Å²) in [4.78, 5) is 0.832. The maximum atomic E-state index is 11.5. The lowest BCUT2D eigenvalue weighted by molar-refractivity contribution is 0.111. The van der Waals surface area contributed by atoms with Gasteiger partial charge >= 0.3 is 0 Å². The van der Waals surface area contributed by atoms with Gasteiger partial charge in [0.25, 0.3) is 0 Å². The molecule has 1 aromatic heterocycles. The van der Waals surface area contributed by atoms with Crippen molar-refractivity contribution in [1.29, 1.82) is 0 Å².